The Bertz CT molecular complexity index is 890. The quantitative estimate of drug-likeness (QED) is 0.520. The topological polar surface area (TPSA) is 66.7 Å². The third-order valence-electron chi connectivity index (χ3n) is 4.46. The number of hydrogen-bond acceptors (Lipinski definition) is 5. The highest BCUT2D eigenvalue weighted by Crippen LogP contribution is 2.41. The molecule has 2 heterocycles. The first kappa shape index (κ1) is 20.4. The standard InChI is InChI=1S/C17H15ClF3N3O3S/c18-13-9-14(15(24(26)27)8-12(13)17(19,20)21)22-3-1-4-23(6-5-22)16(25)11-2-7-28-10-11/h2,7-10H,1,3-6H2. The molecular weight excluding hydrogens is 419 g/mol. The van der Waals surface area contributed by atoms with Gasteiger partial charge in [0.15, 0.2) is 0 Å². The Morgan fingerprint density at radius 3 is 2.57 bits per heavy atom. The van der Waals surface area contributed by atoms with Gasteiger partial charge in [0.1, 0.15) is 5.69 Å². The van der Waals surface area contributed by atoms with Crippen LogP contribution in [0.2, 0.25) is 5.02 Å². The smallest absolute Gasteiger partial charge is 0.364 e. The third kappa shape index (κ3) is 4.22. The maximum atomic E-state index is 13.0. The number of nitrogens with zero attached hydrogens (tertiary/aromatic N) is 3. The van der Waals surface area contributed by atoms with Gasteiger partial charge in [0, 0.05) is 37.6 Å². The van der Waals surface area contributed by atoms with Crippen molar-refractivity contribution in [2.45, 2.75) is 12.6 Å². The van der Waals surface area contributed by atoms with Gasteiger partial charge in [-0.2, -0.15) is 24.5 Å². The van der Waals surface area contributed by atoms with Gasteiger partial charge in [-0.05, 0) is 23.9 Å². The second-order valence-corrected chi connectivity index (χ2v) is 7.41. The van der Waals surface area contributed by atoms with Crippen LogP contribution in [0.15, 0.2) is 29.0 Å². The molecule has 0 aliphatic carbocycles. The van der Waals surface area contributed by atoms with E-state index in [4.69, 9.17) is 11.6 Å². The Kier molecular flexibility index (Phi) is 5.80. The molecule has 0 radical (unpaired) electrons. The molecule has 11 heteroatoms. The first-order valence-electron chi connectivity index (χ1n) is 8.30. The number of hydrogen-bond donors (Lipinski definition) is 0. The predicted molar refractivity (Wildman–Crippen MR) is 100 cm³/mol. The van der Waals surface area contributed by atoms with Gasteiger partial charge >= 0.3 is 6.18 Å². The van der Waals surface area contributed by atoms with Crippen molar-refractivity contribution in [2.24, 2.45) is 0 Å². The van der Waals surface area contributed by atoms with Gasteiger partial charge in [-0.25, -0.2) is 0 Å². The maximum Gasteiger partial charge on any atom is 0.418 e. The largest absolute Gasteiger partial charge is 0.418 e. The average molecular weight is 434 g/mol. The fourth-order valence-corrected chi connectivity index (χ4v) is 3.99. The number of nitro benzene ring substituents is 1. The number of amides is 1. The van der Waals surface area contributed by atoms with Crippen molar-refractivity contribution in [1.82, 2.24) is 4.90 Å². The molecule has 0 atom stereocenters. The molecule has 3 rings (SSSR count). The monoisotopic (exact) mass is 433 g/mol. The maximum absolute atomic E-state index is 13.0. The van der Waals surface area contributed by atoms with E-state index in [-0.39, 0.29) is 18.1 Å². The normalized spacial score (nSPS) is 15.4. The molecule has 0 N–H and O–H groups in total. The molecule has 0 spiro atoms. The molecule has 150 valence electrons. The van der Waals surface area contributed by atoms with Crippen LogP contribution >= 0.6 is 22.9 Å². The van der Waals surface area contributed by atoms with Crippen molar-refractivity contribution in [3.63, 3.8) is 0 Å². The van der Waals surface area contributed by atoms with E-state index < -0.39 is 27.4 Å². The molecule has 28 heavy (non-hydrogen) atoms. The zero-order valence-corrected chi connectivity index (χ0v) is 16.0. The number of carbonyl (C=O) groups is 1. The molecule has 1 aromatic carbocycles. The molecule has 1 aliphatic rings. The van der Waals surface area contributed by atoms with Crippen LogP contribution in [0.3, 0.4) is 0 Å². The van der Waals surface area contributed by atoms with E-state index in [1.54, 1.807) is 26.6 Å². The SMILES string of the molecule is O=C(c1ccsc1)N1CCCN(c2cc(Cl)c(C(F)(F)F)cc2[N+](=O)[O-])CC1. The van der Waals surface area contributed by atoms with Gasteiger partial charge in [-0.15, -0.1) is 0 Å². The Labute approximate surface area is 167 Å². The summed E-state index contributed by atoms with van der Waals surface area (Å²) >= 11 is 7.17. The lowest BCUT2D eigenvalue weighted by atomic mass is 10.1. The van der Waals surface area contributed by atoms with Crippen molar-refractivity contribution in [1.29, 1.82) is 0 Å². The first-order valence-corrected chi connectivity index (χ1v) is 9.62. The van der Waals surface area contributed by atoms with Gasteiger partial charge in [0.25, 0.3) is 11.6 Å². The number of rotatable bonds is 3. The summed E-state index contributed by atoms with van der Waals surface area (Å²) < 4.78 is 39.1. The molecule has 1 fully saturated rings. The minimum atomic E-state index is -4.79. The molecule has 1 aromatic heterocycles. The van der Waals surface area contributed by atoms with E-state index in [9.17, 15) is 28.1 Å². The van der Waals surface area contributed by atoms with Crippen LogP contribution in [0.25, 0.3) is 0 Å². The van der Waals surface area contributed by atoms with Crippen molar-refractivity contribution in [2.75, 3.05) is 31.1 Å². The second-order valence-electron chi connectivity index (χ2n) is 6.22. The van der Waals surface area contributed by atoms with Gasteiger partial charge < -0.3 is 9.80 Å². The van der Waals surface area contributed by atoms with Crippen molar-refractivity contribution in [3.05, 3.63) is 55.2 Å². The molecule has 2 aromatic rings. The van der Waals surface area contributed by atoms with E-state index >= 15 is 0 Å². The zero-order chi connectivity index (χ0) is 20.5. The number of alkyl halides is 3. The lowest BCUT2D eigenvalue weighted by Crippen LogP contribution is -2.35. The van der Waals surface area contributed by atoms with E-state index in [0.717, 1.165) is 6.07 Å². The van der Waals surface area contributed by atoms with E-state index in [1.165, 1.54) is 11.3 Å². The Morgan fingerprint density at radius 2 is 1.96 bits per heavy atom. The molecule has 1 aliphatic heterocycles. The molecule has 0 bridgehead atoms. The third-order valence-corrected chi connectivity index (χ3v) is 5.45. The summed E-state index contributed by atoms with van der Waals surface area (Å²) in [5.74, 6) is -0.136. The van der Waals surface area contributed by atoms with Crippen LogP contribution in [0.5, 0.6) is 0 Å². The van der Waals surface area contributed by atoms with Gasteiger partial charge in [-0.1, -0.05) is 11.6 Å². The fourth-order valence-electron chi connectivity index (χ4n) is 3.10. The number of benzene rings is 1. The number of carbonyl (C=O) groups excluding carboxylic acids is 1. The van der Waals surface area contributed by atoms with Gasteiger partial charge in [-0.3, -0.25) is 14.9 Å². The average Bonchev–Trinajstić information content (AvgIpc) is 3.04. The van der Waals surface area contributed by atoms with Crippen LogP contribution in [0.1, 0.15) is 22.3 Å². The molecule has 6 nitrogen and oxygen atoms in total. The van der Waals surface area contributed by atoms with Crippen LogP contribution in [-0.2, 0) is 6.18 Å². The minimum absolute atomic E-state index is 0.0211. The van der Waals surface area contributed by atoms with E-state index in [1.807, 2.05) is 0 Å². The van der Waals surface area contributed by atoms with Crippen LogP contribution in [0.4, 0.5) is 24.5 Å². The predicted octanol–water partition coefficient (Wildman–Crippen LogP) is 4.68. The fraction of sp³-hybridized carbons (Fsp3) is 0.353. The van der Waals surface area contributed by atoms with Crippen LogP contribution in [-0.4, -0.2) is 41.9 Å². The summed E-state index contributed by atoms with van der Waals surface area (Å²) in [7, 11) is 0. The highest BCUT2D eigenvalue weighted by molar-refractivity contribution is 7.08. The molecule has 0 saturated carbocycles. The summed E-state index contributed by atoms with van der Waals surface area (Å²) in [6.45, 7) is 1.35. The number of anilines is 1. The summed E-state index contributed by atoms with van der Waals surface area (Å²) in [5, 5.41) is 14.3. The number of thiophene rings is 1. The summed E-state index contributed by atoms with van der Waals surface area (Å²) in [4.78, 5) is 26.3. The first-order chi connectivity index (χ1) is 13.2. The highest BCUT2D eigenvalue weighted by atomic mass is 35.5. The lowest BCUT2D eigenvalue weighted by Gasteiger charge is -2.24. The molecular formula is C17H15ClF3N3O3S. The molecule has 1 amide bonds. The Morgan fingerprint density at radius 1 is 1.21 bits per heavy atom. The number of nitro groups is 1. The molecule has 0 unspecified atom stereocenters. The van der Waals surface area contributed by atoms with E-state index in [2.05, 4.69) is 0 Å². The second kappa shape index (κ2) is 7.96. The minimum Gasteiger partial charge on any atom is -0.364 e. The highest BCUT2D eigenvalue weighted by Gasteiger charge is 2.37. The summed E-state index contributed by atoms with van der Waals surface area (Å²) in [6.07, 6.45) is -4.27. The van der Waals surface area contributed by atoms with E-state index in [0.29, 0.717) is 37.7 Å². The summed E-state index contributed by atoms with van der Waals surface area (Å²) in [5.41, 5.74) is -1.31. The van der Waals surface area contributed by atoms with Crippen LogP contribution < -0.4 is 4.90 Å². The van der Waals surface area contributed by atoms with Crippen molar-refractivity contribution >= 4 is 40.2 Å². The Balaban J connectivity index is 1.86. The van der Waals surface area contributed by atoms with Gasteiger partial charge in [0.05, 0.1) is 21.1 Å². The Hall–Kier alpha value is -2.33. The van der Waals surface area contributed by atoms with Crippen molar-refractivity contribution in [3.8, 4) is 0 Å². The van der Waals surface area contributed by atoms with Crippen molar-refractivity contribution < 1.29 is 22.9 Å². The lowest BCUT2D eigenvalue weighted by molar-refractivity contribution is -0.384. The molecule has 1 saturated heterocycles. The van der Waals surface area contributed by atoms with Gasteiger partial charge in [0.2, 0.25) is 0 Å². The zero-order valence-electron chi connectivity index (χ0n) is 14.4. The number of halogens is 4. The summed E-state index contributed by atoms with van der Waals surface area (Å²) in [6, 6.07) is 3.17. The van der Waals surface area contributed by atoms with Crippen LogP contribution in [0, 0.1) is 10.1 Å².